The second-order valence-corrected chi connectivity index (χ2v) is 11.9. The number of fused-ring (bicyclic) bond motifs is 2. The average Bonchev–Trinajstić information content (AvgIpc) is 3.27. The van der Waals surface area contributed by atoms with Gasteiger partial charge in [-0.3, -0.25) is 4.40 Å². The fourth-order valence-corrected chi connectivity index (χ4v) is 6.68. The third kappa shape index (κ3) is 4.14. The van der Waals surface area contributed by atoms with Gasteiger partial charge in [0.2, 0.25) is 15.8 Å². The van der Waals surface area contributed by atoms with Crippen molar-refractivity contribution in [3.05, 3.63) is 88.4 Å². The summed E-state index contributed by atoms with van der Waals surface area (Å²) in [5.74, 6) is -0.0377. The fourth-order valence-electron chi connectivity index (χ4n) is 5.07. The molecule has 38 heavy (non-hydrogen) atoms. The van der Waals surface area contributed by atoms with Gasteiger partial charge in [-0.15, -0.1) is 10.2 Å². The molecule has 2 aliphatic rings. The van der Waals surface area contributed by atoms with Crippen molar-refractivity contribution in [2.75, 3.05) is 19.8 Å². The molecule has 198 valence electrons. The lowest BCUT2D eigenvalue weighted by Crippen LogP contribution is -2.60. The average molecular weight is 541 g/mol. The molecule has 2 aromatic heterocycles. The molecule has 2 aliphatic heterocycles. The van der Waals surface area contributed by atoms with Crippen LogP contribution in [0.15, 0.2) is 59.6 Å². The van der Waals surface area contributed by atoms with E-state index in [0.717, 1.165) is 27.8 Å². The molecule has 0 bridgehead atoms. The first-order valence-electron chi connectivity index (χ1n) is 12.2. The summed E-state index contributed by atoms with van der Waals surface area (Å²) in [7, 11) is -3.82. The molecule has 6 rings (SSSR count). The highest BCUT2D eigenvalue weighted by Gasteiger charge is 2.48. The topological polar surface area (TPSA) is 86.0 Å². The Kier molecular flexibility index (Phi) is 5.97. The molecule has 1 spiro atoms. The monoisotopic (exact) mass is 540 g/mol. The molecule has 0 unspecified atom stereocenters. The van der Waals surface area contributed by atoms with Gasteiger partial charge < -0.3 is 9.47 Å². The number of halogens is 2. The van der Waals surface area contributed by atoms with Gasteiger partial charge in [-0.1, -0.05) is 30.3 Å². The molecular formula is C27H26F2N4O4S. The Morgan fingerprint density at radius 3 is 2.58 bits per heavy atom. The summed E-state index contributed by atoms with van der Waals surface area (Å²) >= 11 is 0. The van der Waals surface area contributed by atoms with Gasteiger partial charge in [-0.05, 0) is 66.3 Å². The van der Waals surface area contributed by atoms with Gasteiger partial charge in [0.1, 0.15) is 10.6 Å². The van der Waals surface area contributed by atoms with Gasteiger partial charge in [0.25, 0.3) is 6.43 Å². The fraction of sp³-hybridized carbons (Fsp3) is 0.333. The number of hydrogen-bond acceptors (Lipinski definition) is 6. The third-order valence-corrected chi connectivity index (χ3v) is 9.13. The maximum Gasteiger partial charge on any atom is 0.297 e. The van der Waals surface area contributed by atoms with Crippen molar-refractivity contribution in [2.24, 2.45) is 0 Å². The van der Waals surface area contributed by atoms with Gasteiger partial charge in [0.15, 0.2) is 11.2 Å². The Labute approximate surface area is 218 Å². The van der Waals surface area contributed by atoms with Crippen molar-refractivity contribution in [3.63, 3.8) is 0 Å². The number of pyridine rings is 1. The maximum absolute atomic E-state index is 13.7. The highest BCUT2D eigenvalue weighted by Crippen LogP contribution is 2.38. The van der Waals surface area contributed by atoms with Gasteiger partial charge in [-0.2, -0.15) is 4.31 Å². The molecule has 1 saturated heterocycles. The van der Waals surface area contributed by atoms with Crippen LogP contribution in [0.4, 0.5) is 8.78 Å². The van der Waals surface area contributed by atoms with E-state index in [1.165, 1.54) is 8.71 Å². The first kappa shape index (κ1) is 24.9. The van der Waals surface area contributed by atoms with Crippen LogP contribution in [0.2, 0.25) is 0 Å². The molecule has 1 fully saturated rings. The molecule has 0 N–H and O–H groups in total. The number of alkyl halides is 2. The van der Waals surface area contributed by atoms with Crippen molar-refractivity contribution in [1.29, 1.82) is 0 Å². The molecule has 0 aliphatic carbocycles. The molecule has 11 heteroatoms. The summed E-state index contributed by atoms with van der Waals surface area (Å²) in [5, 5.41) is 7.60. The van der Waals surface area contributed by atoms with E-state index < -0.39 is 22.0 Å². The number of nitrogens with zero attached hydrogens (tertiary/aromatic N) is 4. The summed E-state index contributed by atoms with van der Waals surface area (Å²) in [6.07, 6.45) is -0.619. The summed E-state index contributed by atoms with van der Waals surface area (Å²) in [6, 6.07) is 14.5. The van der Waals surface area contributed by atoms with E-state index in [1.807, 2.05) is 32.0 Å². The van der Waals surface area contributed by atoms with E-state index in [-0.39, 0.29) is 23.8 Å². The van der Waals surface area contributed by atoms with Crippen LogP contribution in [0, 0.1) is 13.8 Å². The van der Waals surface area contributed by atoms with Crippen molar-refractivity contribution >= 4 is 15.7 Å². The zero-order chi connectivity index (χ0) is 26.7. The number of aromatic nitrogens is 3. The minimum Gasteiger partial charge on any atom is -0.480 e. The van der Waals surface area contributed by atoms with Crippen molar-refractivity contribution in [3.8, 4) is 5.75 Å². The van der Waals surface area contributed by atoms with Gasteiger partial charge in [-0.25, -0.2) is 17.2 Å². The lowest BCUT2D eigenvalue weighted by molar-refractivity contribution is -0.165. The van der Waals surface area contributed by atoms with Crippen molar-refractivity contribution in [2.45, 2.75) is 43.7 Å². The lowest BCUT2D eigenvalue weighted by atomic mass is 9.97. The predicted molar refractivity (Wildman–Crippen MR) is 135 cm³/mol. The minimum atomic E-state index is -3.82. The minimum absolute atomic E-state index is 0.151. The van der Waals surface area contributed by atoms with Gasteiger partial charge in [0.05, 0.1) is 19.8 Å². The van der Waals surface area contributed by atoms with E-state index in [4.69, 9.17) is 9.47 Å². The zero-order valence-corrected chi connectivity index (χ0v) is 21.7. The Balaban J connectivity index is 1.32. The maximum atomic E-state index is 13.7. The van der Waals surface area contributed by atoms with Crippen LogP contribution in [-0.4, -0.2) is 52.7 Å². The normalized spacial score (nSPS) is 18.2. The quantitative estimate of drug-likeness (QED) is 0.377. The first-order chi connectivity index (χ1) is 18.2. The molecule has 0 saturated carbocycles. The highest BCUT2D eigenvalue weighted by atomic mass is 32.2. The Morgan fingerprint density at radius 2 is 1.84 bits per heavy atom. The summed E-state index contributed by atoms with van der Waals surface area (Å²) < 4.78 is 68.3. The van der Waals surface area contributed by atoms with E-state index in [9.17, 15) is 17.2 Å². The zero-order valence-electron chi connectivity index (χ0n) is 20.9. The van der Waals surface area contributed by atoms with Gasteiger partial charge >= 0.3 is 0 Å². The summed E-state index contributed by atoms with van der Waals surface area (Å²) in [4.78, 5) is 0.151. The number of hydrogen-bond donors (Lipinski definition) is 0. The number of ether oxygens (including phenoxy) is 2. The number of aryl methyl sites for hydroxylation is 2. The Bertz CT molecular complexity index is 1650. The largest absolute Gasteiger partial charge is 0.480 e. The van der Waals surface area contributed by atoms with Crippen molar-refractivity contribution < 1.29 is 26.7 Å². The first-order valence-corrected chi connectivity index (χ1v) is 13.7. The van der Waals surface area contributed by atoms with Gasteiger partial charge in [0, 0.05) is 12.7 Å². The Hall–Kier alpha value is -3.41. The predicted octanol–water partition coefficient (Wildman–Crippen LogP) is 4.23. The second kappa shape index (κ2) is 9.11. The van der Waals surface area contributed by atoms with Crippen molar-refractivity contribution in [1.82, 2.24) is 18.9 Å². The molecule has 0 radical (unpaired) electrons. The molecule has 0 amide bonds. The molecule has 4 heterocycles. The molecule has 4 aromatic rings. The van der Waals surface area contributed by atoms with E-state index in [0.29, 0.717) is 31.0 Å². The molecular weight excluding hydrogens is 514 g/mol. The van der Waals surface area contributed by atoms with Crippen LogP contribution < -0.4 is 4.74 Å². The smallest absolute Gasteiger partial charge is 0.297 e. The van der Waals surface area contributed by atoms with Crippen LogP contribution in [0.3, 0.4) is 0 Å². The molecule has 8 nitrogen and oxygen atoms in total. The number of sulfonamides is 1. The van der Waals surface area contributed by atoms with Crippen LogP contribution in [-0.2, 0) is 27.7 Å². The third-order valence-electron chi connectivity index (χ3n) is 7.30. The summed E-state index contributed by atoms with van der Waals surface area (Å²) in [5.41, 5.74) is 4.19. The second-order valence-electron chi connectivity index (χ2n) is 9.95. The van der Waals surface area contributed by atoms with Crippen LogP contribution >= 0.6 is 0 Å². The van der Waals surface area contributed by atoms with Crippen LogP contribution in [0.5, 0.6) is 5.75 Å². The SMILES string of the molecule is Cc1ccc(Cc2ccn3c(C(F)F)nnc3c2C)cc1CN1CC2(COC2)Oc2ccccc2S1(=O)=O. The number of benzene rings is 2. The van der Waals surface area contributed by atoms with Crippen LogP contribution in [0.25, 0.3) is 5.65 Å². The van der Waals surface area contributed by atoms with Crippen LogP contribution in [0.1, 0.15) is 40.1 Å². The number of rotatable bonds is 5. The van der Waals surface area contributed by atoms with E-state index in [2.05, 4.69) is 10.2 Å². The van der Waals surface area contributed by atoms with E-state index >= 15 is 0 Å². The summed E-state index contributed by atoms with van der Waals surface area (Å²) in [6.45, 7) is 4.80. The Morgan fingerprint density at radius 1 is 1.05 bits per heavy atom. The lowest BCUT2D eigenvalue weighted by Gasteiger charge is -2.41. The highest BCUT2D eigenvalue weighted by molar-refractivity contribution is 7.89. The number of para-hydroxylation sites is 1. The van der Waals surface area contributed by atoms with E-state index in [1.54, 1.807) is 36.5 Å². The molecule has 2 aromatic carbocycles. The standard InChI is InChI=1S/C27H26F2N4O4S/c1-17-7-8-19(11-20-9-10-33-25(18(20)2)30-31-26(33)24(28)29)12-21(17)13-32-14-27(15-36-16-27)37-22-5-3-4-6-23(22)38(32,34)35/h3-10,12,24H,11,13-16H2,1-2H3. The molecule has 0 atom stereocenters.